The maximum atomic E-state index is 12.6. The van der Waals surface area contributed by atoms with Crippen molar-refractivity contribution in [2.24, 2.45) is 0 Å². The van der Waals surface area contributed by atoms with Crippen molar-refractivity contribution < 1.29 is 36.0 Å². The van der Waals surface area contributed by atoms with Gasteiger partial charge < -0.3 is 0 Å². The molecule has 0 atom stereocenters. The summed E-state index contributed by atoms with van der Waals surface area (Å²) in [6, 6.07) is 3.63. The topological polar surface area (TPSA) is 146 Å². The molecular weight excluding hydrogens is 595 g/mol. The Balaban J connectivity index is 1.85. The predicted octanol–water partition coefficient (Wildman–Crippen LogP) is 2.68. The fourth-order valence-electron chi connectivity index (χ4n) is 2.79. The van der Waals surface area contributed by atoms with Crippen molar-refractivity contribution in [2.75, 3.05) is 19.8 Å². The van der Waals surface area contributed by atoms with E-state index in [1.165, 1.54) is 18.2 Å². The summed E-state index contributed by atoms with van der Waals surface area (Å²) >= 11 is -4.36. The monoisotopic (exact) mass is 622 g/mol. The van der Waals surface area contributed by atoms with E-state index < -0.39 is 39.0 Å². The van der Waals surface area contributed by atoms with Crippen LogP contribution in [0.2, 0.25) is 0 Å². The Kier molecular flexibility index (Phi) is 11.3. The van der Waals surface area contributed by atoms with E-state index in [4.69, 9.17) is 36.0 Å². The van der Waals surface area contributed by atoms with Crippen LogP contribution < -0.4 is 24.8 Å². The van der Waals surface area contributed by atoms with Crippen molar-refractivity contribution in [1.82, 2.24) is 0 Å². The standard InChI is InChI=1S/3C8H10O4.In/c3*1-2-11-4-6-3-7(9)8(10)5-12-6;/h3*3,5,10H,2,4H2,1H3;/q;;;+3/p-3. The molecular formula is C24H27InO12. The van der Waals surface area contributed by atoms with Crippen LogP contribution in [0.15, 0.2) is 64.6 Å². The van der Waals surface area contributed by atoms with Gasteiger partial charge in [-0.05, 0) is 0 Å². The molecule has 0 spiro atoms. The molecule has 12 nitrogen and oxygen atoms in total. The Hall–Kier alpha value is -3.00. The normalized spacial score (nSPS) is 10.8. The van der Waals surface area contributed by atoms with Crippen LogP contribution in [0.3, 0.4) is 0 Å². The van der Waals surface area contributed by atoms with E-state index in [9.17, 15) is 14.4 Å². The second kappa shape index (κ2) is 14.7. The molecule has 198 valence electrons. The number of ether oxygens (including phenoxy) is 3. The van der Waals surface area contributed by atoms with Gasteiger partial charge in [-0.25, -0.2) is 0 Å². The van der Waals surface area contributed by atoms with Crippen LogP contribution in [0.1, 0.15) is 38.1 Å². The molecule has 3 heterocycles. The van der Waals surface area contributed by atoms with Gasteiger partial charge in [0.1, 0.15) is 0 Å². The minimum atomic E-state index is -4.36. The predicted molar refractivity (Wildman–Crippen MR) is 129 cm³/mol. The van der Waals surface area contributed by atoms with Crippen LogP contribution in [-0.4, -0.2) is 42.6 Å². The average Bonchev–Trinajstić information content (AvgIpc) is 2.89. The molecule has 13 heteroatoms. The van der Waals surface area contributed by atoms with E-state index in [1.54, 1.807) is 0 Å². The molecule has 3 aromatic heterocycles. The van der Waals surface area contributed by atoms with E-state index in [1.807, 2.05) is 20.8 Å². The molecule has 0 aliphatic carbocycles. The summed E-state index contributed by atoms with van der Waals surface area (Å²) in [5.41, 5.74) is -1.56. The molecule has 0 unspecified atom stereocenters. The van der Waals surface area contributed by atoms with E-state index in [-0.39, 0.29) is 37.1 Å². The van der Waals surface area contributed by atoms with E-state index in [0.717, 1.165) is 18.8 Å². The zero-order chi connectivity index (χ0) is 26.6. The first-order valence-corrected chi connectivity index (χ1v) is 15.5. The van der Waals surface area contributed by atoms with Crippen molar-refractivity contribution in [3.63, 3.8) is 0 Å². The van der Waals surface area contributed by atoms with Gasteiger partial charge in [0.05, 0.1) is 0 Å². The Morgan fingerprint density at radius 3 is 1.11 bits per heavy atom. The summed E-state index contributed by atoms with van der Waals surface area (Å²) < 4.78 is 49.0. The van der Waals surface area contributed by atoms with Gasteiger partial charge in [-0.2, -0.15) is 0 Å². The van der Waals surface area contributed by atoms with Gasteiger partial charge in [-0.15, -0.1) is 0 Å². The third-order valence-corrected chi connectivity index (χ3v) is 8.39. The summed E-state index contributed by atoms with van der Waals surface area (Å²) in [7, 11) is 0. The molecule has 0 radical (unpaired) electrons. The second-order valence-corrected chi connectivity index (χ2v) is 10.9. The van der Waals surface area contributed by atoms with Crippen molar-refractivity contribution in [3.8, 4) is 17.2 Å². The minimum absolute atomic E-state index is 0.107. The number of hydrogen-bond acceptors (Lipinski definition) is 12. The van der Waals surface area contributed by atoms with E-state index in [0.29, 0.717) is 37.1 Å². The maximum absolute atomic E-state index is 12.6. The average molecular weight is 622 g/mol. The molecule has 3 rings (SSSR count). The van der Waals surface area contributed by atoms with Crippen LogP contribution in [-0.2, 0) is 34.0 Å². The third kappa shape index (κ3) is 8.81. The van der Waals surface area contributed by atoms with Crippen molar-refractivity contribution in [2.45, 2.75) is 40.6 Å². The third-order valence-electron chi connectivity index (χ3n) is 4.57. The molecule has 0 fully saturated rings. The Labute approximate surface area is 221 Å². The molecule has 0 saturated heterocycles. The molecule has 0 N–H and O–H groups in total. The zero-order valence-electron chi connectivity index (χ0n) is 20.7. The Bertz CT molecular complexity index is 1150. The van der Waals surface area contributed by atoms with E-state index >= 15 is 0 Å². The number of rotatable bonds is 15. The summed E-state index contributed by atoms with van der Waals surface area (Å²) in [5.74, 6) is 0.249. The fraction of sp³-hybridized carbons (Fsp3) is 0.375. The Morgan fingerprint density at radius 1 is 0.568 bits per heavy atom. The quantitative estimate of drug-likeness (QED) is 0.246. The first-order chi connectivity index (χ1) is 17.9. The van der Waals surface area contributed by atoms with Crippen LogP contribution in [0, 0.1) is 0 Å². The molecule has 37 heavy (non-hydrogen) atoms. The molecule has 0 aliphatic heterocycles. The van der Waals surface area contributed by atoms with Crippen LogP contribution in [0.25, 0.3) is 0 Å². The Morgan fingerprint density at radius 2 is 0.865 bits per heavy atom. The summed E-state index contributed by atoms with van der Waals surface area (Å²) in [5, 5.41) is 0. The fourth-order valence-corrected chi connectivity index (χ4v) is 6.45. The van der Waals surface area contributed by atoms with Crippen LogP contribution >= 0.6 is 0 Å². The molecule has 0 saturated carbocycles. The molecule has 3 aromatic rings. The van der Waals surface area contributed by atoms with Gasteiger partial charge in [0, 0.05) is 0 Å². The van der Waals surface area contributed by atoms with Gasteiger partial charge in [-0.3, -0.25) is 0 Å². The first kappa shape index (κ1) is 28.6. The molecule has 0 amide bonds. The number of hydrogen-bond donors (Lipinski definition) is 0. The van der Waals surface area contributed by atoms with Gasteiger partial charge in [0.15, 0.2) is 0 Å². The molecule has 0 aliphatic rings. The van der Waals surface area contributed by atoms with Crippen molar-refractivity contribution in [1.29, 1.82) is 0 Å². The summed E-state index contributed by atoms with van der Waals surface area (Å²) in [6.45, 7) is 7.08. The molecule has 0 bridgehead atoms. The second-order valence-electron chi connectivity index (χ2n) is 7.28. The van der Waals surface area contributed by atoms with Gasteiger partial charge >= 0.3 is 221 Å². The van der Waals surface area contributed by atoms with Crippen LogP contribution in [0.5, 0.6) is 17.2 Å². The molecule has 0 aromatic carbocycles. The van der Waals surface area contributed by atoms with Gasteiger partial charge in [0.25, 0.3) is 0 Å². The van der Waals surface area contributed by atoms with Crippen LogP contribution in [0.4, 0.5) is 0 Å². The van der Waals surface area contributed by atoms with Crippen molar-refractivity contribution in [3.05, 3.63) is 84.9 Å². The summed E-state index contributed by atoms with van der Waals surface area (Å²) in [6.07, 6.45) is 3.28. The SMILES string of the molecule is CCOCc1cc(=O)c([O][In]([O]c2coc(COCC)cc2=O)[O]c2coc(COCC)cc2=O)co1. The van der Waals surface area contributed by atoms with Gasteiger partial charge in [-0.1, -0.05) is 0 Å². The van der Waals surface area contributed by atoms with Gasteiger partial charge in [0.2, 0.25) is 0 Å². The summed E-state index contributed by atoms with van der Waals surface area (Å²) in [4.78, 5) is 37.7. The zero-order valence-corrected chi connectivity index (χ0v) is 24.0. The van der Waals surface area contributed by atoms with E-state index in [2.05, 4.69) is 0 Å². The van der Waals surface area contributed by atoms with Crippen molar-refractivity contribution >= 4 is 22.7 Å². The first-order valence-electron chi connectivity index (χ1n) is 11.5.